The number of esters is 1. The van der Waals surface area contributed by atoms with Gasteiger partial charge in [-0.3, -0.25) is 9.59 Å². The molecule has 0 spiro atoms. The maximum absolute atomic E-state index is 13.4. The standard InChI is InChI=1S/C30H46O3/c1-18(2)19(3)8-9-20(4)24-10-11-25-23-17-28(32)27-16-22(33-21(5)31)12-14-30(27,7)26(23)13-15-29(24,25)6/h8-9,17-20,22,24-27H,10-16H2,1-7H3/b9-8+/t19-,20+,22-,24+,25-,26-,27+,29+,30+/m0/s1. The zero-order chi connectivity index (χ0) is 24.1. The third-order valence-corrected chi connectivity index (χ3v) is 10.7. The Bertz CT molecular complexity index is 837. The van der Waals surface area contributed by atoms with Crippen LogP contribution < -0.4 is 0 Å². The molecule has 0 aromatic carbocycles. The molecule has 184 valence electrons. The van der Waals surface area contributed by atoms with Gasteiger partial charge in [0.25, 0.3) is 0 Å². The highest BCUT2D eigenvalue weighted by Crippen LogP contribution is 2.66. The summed E-state index contributed by atoms with van der Waals surface area (Å²) < 4.78 is 5.53. The summed E-state index contributed by atoms with van der Waals surface area (Å²) in [7, 11) is 0. The van der Waals surface area contributed by atoms with Gasteiger partial charge in [-0.2, -0.15) is 0 Å². The van der Waals surface area contributed by atoms with Crippen LogP contribution in [0.25, 0.3) is 0 Å². The van der Waals surface area contributed by atoms with Crippen LogP contribution >= 0.6 is 0 Å². The number of ketones is 1. The van der Waals surface area contributed by atoms with Crippen molar-refractivity contribution >= 4 is 11.8 Å². The number of fused-ring (bicyclic) bond motifs is 5. The average Bonchev–Trinajstić information content (AvgIpc) is 3.10. The van der Waals surface area contributed by atoms with Crippen molar-refractivity contribution in [2.45, 2.75) is 99.5 Å². The van der Waals surface area contributed by atoms with E-state index in [1.54, 1.807) is 0 Å². The molecule has 4 aliphatic rings. The van der Waals surface area contributed by atoms with Gasteiger partial charge in [0.05, 0.1) is 0 Å². The normalized spacial score (nSPS) is 42.4. The van der Waals surface area contributed by atoms with Gasteiger partial charge in [0.15, 0.2) is 5.78 Å². The third kappa shape index (κ3) is 4.27. The van der Waals surface area contributed by atoms with E-state index in [1.165, 1.54) is 38.2 Å². The zero-order valence-corrected chi connectivity index (χ0v) is 22.0. The molecule has 0 radical (unpaired) electrons. The van der Waals surface area contributed by atoms with Gasteiger partial charge in [-0.25, -0.2) is 0 Å². The van der Waals surface area contributed by atoms with Gasteiger partial charge in [0, 0.05) is 12.8 Å². The molecule has 0 heterocycles. The van der Waals surface area contributed by atoms with E-state index in [4.69, 9.17) is 4.74 Å². The quantitative estimate of drug-likeness (QED) is 0.327. The van der Waals surface area contributed by atoms with Crippen LogP contribution in [0.5, 0.6) is 0 Å². The van der Waals surface area contributed by atoms with Crippen molar-refractivity contribution in [2.75, 3.05) is 0 Å². The summed E-state index contributed by atoms with van der Waals surface area (Å²) in [6.07, 6.45) is 14.5. The molecule has 0 aliphatic heterocycles. The fraction of sp³-hybridized carbons (Fsp3) is 0.800. The molecule has 4 rings (SSSR count). The molecule has 0 unspecified atom stereocenters. The SMILES string of the molecule is CC(=O)O[C@H]1CC[C@@]2(C)[C@H](C1)C(=O)C=C1[C@@H]2CC[C@]2(C)[C@@H]([C@H](C)/C=C/[C@H](C)C(C)C)CC[C@@H]12. The lowest BCUT2D eigenvalue weighted by atomic mass is 9.47. The lowest BCUT2D eigenvalue weighted by Crippen LogP contribution is -2.52. The first-order valence-corrected chi connectivity index (χ1v) is 13.6. The number of ether oxygens (including phenoxy) is 1. The summed E-state index contributed by atoms with van der Waals surface area (Å²) in [5.74, 6) is 3.72. The average molecular weight is 455 g/mol. The molecule has 3 heteroatoms. The number of rotatable bonds is 5. The van der Waals surface area contributed by atoms with Gasteiger partial charge >= 0.3 is 5.97 Å². The topological polar surface area (TPSA) is 43.4 Å². The third-order valence-electron chi connectivity index (χ3n) is 10.7. The maximum Gasteiger partial charge on any atom is 0.302 e. The Kier molecular flexibility index (Phi) is 6.75. The second-order valence-electron chi connectivity index (χ2n) is 12.8. The molecular formula is C30H46O3. The highest BCUT2D eigenvalue weighted by atomic mass is 16.5. The second-order valence-corrected chi connectivity index (χ2v) is 12.8. The summed E-state index contributed by atoms with van der Waals surface area (Å²) in [4.78, 5) is 24.9. The Labute approximate surface area is 201 Å². The van der Waals surface area contributed by atoms with E-state index < -0.39 is 0 Å². The van der Waals surface area contributed by atoms with Crippen LogP contribution in [0.2, 0.25) is 0 Å². The monoisotopic (exact) mass is 454 g/mol. The number of allylic oxidation sites excluding steroid dienone is 4. The van der Waals surface area contributed by atoms with E-state index in [9.17, 15) is 9.59 Å². The van der Waals surface area contributed by atoms with Gasteiger partial charge in [-0.05, 0) is 97.4 Å². The Balaban J connectivity index is 1.56. The van der Waals surface area contributed by atoms with Crippen molar-refractivity contribution in [3.63, 3.8) is 0 Å². The van der Waals surface area contributed by atoms with Crippen molar-refractivity contribution in [3.8, 4) is 0 Å². The molecule has 33 heavy (non-hydrogen) atoms. The second kappa shape index (κ2) is 9.00. The number of hydrogen-bond donors (Lipinski definition) is 0. The maximum atomic E-state index is 13.4. The Hall–Kier alpha value is -1.38. The zero-order valence-electron chi connectivity index (χ0n) is 22.0. The molecular weight excluding hydrogens is 408 g/mol. The minimum atomic E-state index is -0.223. The molecule has 9 atom stereocenters. The van der Waals surface area contributed by atoms with Crippen molar-refractivity contribution < 1.29 is 14.3 Å². The first-order chi connectivity index (χ1) is 15.5. The number of carbonyl (C=O) groups is 2. The van der Waals surface area contributed by atoms with Crippen LogP contribution in [-0.2, 0) is 14.3 Å². The van der Waals surface area contributed by atoms with E-state index in [0.29, 0.717) is 53.1 Å². The van der Waals surface area contributed by atoms with Crippen LogP contribution in [0.3, 0.4) is 0 Å². The molecule has 0 bridgehead atoms. The van der Waals surface area contributed by atoms with Crippen LogP contribution in [-0.4, -0.2) is 17.9 Å². The molecule has 0 aromatic rings. The molecule has 3 saturated carbocycles. The molecule has 0 amide bonds. The summed E-state index contributed by atoms with van der Waals surface area (Å²) in [6, 6.07) is 0. The van der Waals surface area contributed by atoms with Gasteiger partial charge < -0.3 is 4.74 Å². The number of carbonyl (C=O) groups excluding carboxylic acids is 2. The van der Waals surface area contributed by atoms with Crippen molar-refractivity contribution in [1.82, 2.24) is 0 Å². The smallest absolute Gasteiger partial charge is 0.302 e. The van der Waals surface area contributed by atoms with Gasteiger partial charge in [0.2, 0.25) is 0 Å². The summed E-state index contributed by atoms with van der Waals surface area (Å²) >= 11 is 0. The molecule has 3 fully saturated rings. The van der Waals surface area contributed by atoms with Gasteiger partial charge in [-0.15, -0.1) is 0 Å². The van der Waals surface area contributed by atoms with Gasteiger partial charge in [-0.1, -0.05) is 59.3 Å². The van der Waals surface area contributed by atoms with Crippen molar-refractivity contribution in [3.05, 3.63) is 23.8 Å². The van der Waals surface area contributed by atoms with E-state index >= 15 is 0 Å². The van der Waals surface area contributed by atoms with E-state index in [0.717, 1.165) is 12.8 Å². The lowest BCUT2D eigenvalue weighted by Gasteiger charge is -2.57. The molecule has 4 aliphatic carbocycles. The minimum absolute atomic E-state index is 0.00489. The van der Waals surface area contributed by atoms with Crippen LogP contribution in [0.15, 0.2) is 23.8 Å². The summed E-state index contributed by atoms with van der Waals surface area (Å²) in [5, 5.41) is 0. The van der Waals surface area contributed by atoms with E-state index in [2.05, 4.69) is 59.8 Å². The summed E-state index contributed by atoms with van der Waals surface area (Å²) in [6.45, 7) is 15.7. The van der Waals surface area contributed by atoms with E-state index in [1.807, 2.05) is 0 Å². The first kappa shape index (κ1) is 24.7. The van der Waals surface area contributed by atoms with Gasteiger partial charge in [0.1, 0.15) is 6.10 Å². The lowest BCUT2D eigenvalue weighted by molar-refractivity contribution is -0.155. The molecule has 3 nitrogen and oxygen atoms in total. The Morgan fingerprint density at radius 1 is 0.970 bits per heavy atom. The number of hydrogen-bond acceptors (Lipinski definition) is 3. The first-order valence-electron chi connectivity index (χ1n) is 13.6. The van der Waals surface area contributed by atoms with Crippen molar-refractivity contribution in [2.24, 2.45) is 52.3 Å². The summed E-state index contributed by atoms with van der Waals surface area (Å²) in [5.41, 5.74) is 1.80. The highest BCUT2D eigenvalue weighted by Gasteiger charge is 2.59. The fourth-order valence-electron chi connectivity index (χ4n) is 8.28. The predicted octanol–water partition coefficient (Wildman–Crippen LogP) is 7.16. The van der Waals surface area contributed by atoms with Crippen LogP contribution in [0.4, 0.5) is 0 Å². The minimum Gasteiger partial charge on any atom is -0.463 e. The predicted molar refractivity (Wildman–Crippen MR) is 133 cm³/mol. The van der Waals surface area contributed by atoms with E-state index in [-0.39, 0.29) is 23.4 Å². The highest BCUT2D eigenvalue weighted by molar-refractivity contribution is 5.94. The molecule has 0 saturated heterocycles. The molecule has 0 aromatic heterocycles. The van der Waals surface area contributed by atoms with Crippen molar-refractivity contribution in [1.29, 1.82) is 0 Å². The largest absolute Gasteiger partial charge is 0.463 e. The molecule has 0 N–H and O–H groups in total. The fourth-order valence-corrected chi connectivity index (χ4v) is 8.28. The van der Waals surface area contributed by atoms with Crippen LogP contribution in [0, 0.1) is 52.3 Å². The Morgan fingerprint density at radius 2 is 1.64 bits per heavy atom. The van der Waals surface area contributed by atoms with Crippen LogP contribution in [0.1, 0.15) is 93.4 Å². The Morgan fingerprint density at radius 3 is 2.30 bits per heavy atom.